The third-order valence-corrected chi connectivity index (χ3v) is 14.2. The first-order valence-corrected chi connectivity index (χ1v) is 17.5. The molecule has 5 heteroatoms. The van der Waals surface area contributed by atoms with Crippen LogP contribution < -0.4 is 5.32 Å². The molecular formula is C39H48ClNO3. The number of rotatable bonds is 5. The van der Waals surface area contributed by atoms with Crippen LogP contribution in [-0.2, 0) is 11.3 Å². The molecule has 9 atom stereocenters. The number of carbonyl (C=O) groups excluding carboxylic acids is 1. The largest absolute Gasteiger partial charge is 0.478 e. The highest BCUT2D eigenvalue weighted by atomic mass is 35.5. The first-order chi connectivity index (χ1) is 21.1. The standard InChI is InChI=1S/C39H48ClNO3/c1-24-29(26-8-10-27(11-9-26)35(42)43)16-20-37(2)31(24)17-21-38(3)32-18-22-39(19-4-5-33(39)30(32)14-15-34(37)38)36(44)41-23-25-6-12-28(40)13-7-25/h6-13,16,24,30-34H,4-5,14-15,17-23H2,1-3H3,(H,41,44)(H,42,43). The highest BCUT2D eigenvalue weighted by molar-refractivity contribution is 6.30. The van der Waals surface area contributed by atoms with E-state index >= 15 is 0 Å². The third-order valence-electron chi connectivity index (χ3n) is 14.0. The Bertz CT molecular complexity index is 1470. The van der Waals surface area contributed by atoms with E-state index in [2.05, 4.69) is 32.2 Å². The molecule has 7 rings (SSSR count). The Hall–Kier alpha value is -2.59. The lowest BCUT2D eigenvalue weighted by Gasteiger charge is -2.67. The average molecular weight is 614 g/mol. The predicted molar refractivity (Wildman–Crippen MR) is 176 cm³/mol. The van der Waals surface area contributed by atoms with Gasteiger partial charge in [0.25, 0.3) is 0 Å². The fourth-order valence-electron chi connectivity index (χ4n) is 12.0. The van der Waals surface area contributed by atoms with Gasteiger partial charge in [0, 0.05) is 11.6 Å². The molecule has 234 valence electrons. The van der Waals surface area contributed by atoms with Crippen LogP contribution in [0.15, 0.2) is 54.6 Å². The highest BCUT2D eigenvalue weighted by Gasteiger charge is 2.65. The molecule has 2 aromatic rings. The number of amides is 1. The number of carbonyl (C=O) groups is 2. The van der Waals surface area contributed by atoms with Crippen LogP contribution in [0.2, 0.25) is 5.02 Å². The second kappa shape index (κ2) is 11.0. The van der Waals surface area contributed by atoms with Crippen molar-refractivity contribution in [3.63, 3.8) is 0 Å². The molecule has 0 heterocycles. The van der Waals surface area contributed by atoms with Crippen molar-refractivity contribution >= 4 is 29.1 Å². The molecule has 44 heavy (non-hydrogen) atoms. The molecule has 0 aliphatic heterocycles. The number of hydrogen-bond donors (Lipinski definition) is 2. The van der Waals surface area contributed by atoms with Gasteiger partial charge in [0.15, 0.2) is 0 Å². The van der Waals surface area contributed by atoms with E-state index in [1.54, 1.807) is 12.1 Å². The van der Waals surface area contributed by atoms with Crippen molar-refractivity contribution in [2.75, 3.05) is 0 Å². The summed E-state index contributed by atoms with van der Waals surface area (Å²) in [6, 6.07) is 15.4. The van der Waals surface area contributed by atoms with Crippen molar-refractivity contribution in [3.05, 3.63) is 76.3 Å². The summed E-state index contributed by atoms with van der Waals surface area (Å²) >= 11 is 6.08. The van der Waals surface area contributed by atoms with Gasteiger partial charge in [-0.05, 0) is 145 Å². The van der Waals surface area contributed by atoms with Crippen molar-refractivity contribution in [3.8, 4) is 0 Å². The lowest BCUT2D eigenvalue weighted by molar-refractivity contribution is -0.175. The van der Waals surface area contributed by atoms with E-state index in [0.29, 0.717) is 58.9 Å². The molecule has 0 spiro atoms. The van der Waals surface area contributed by atoms with Crippen LogP contribution >= 0.6 is 11.6 Å². The summed E-state index contributed by atoms with van der Waals surface area (Å²) in [5, 5.41) is 13.5. The minimum Gasteiger partial charge on any atom is -0.478 e. The molecule has 1 amide bonds. The van der Waals surface area contributed by atoms with Crippen molar-refractivity contribution in [1.29, 1.82) is 0 Å². The lowest BCUT2D eigenvalue weighted by Crippen LogP contribution is -2.61. The number of carboxylic acid groups (broad SMARTS) is 1. The summed E-state index contributed by atoms with van der Waals surface area (Å²) in [6.45, 7) is 8.25. The van der Waals surface area contributed by atoms with Crippen LogP contribution in [0.4, 0.5) is 0 Å². The monoisotopic (exact) mass is 613 g/mol. The van der Waals surface area contributed by atoms with Crippen molar-refractivity contribution in [2.45, 2.75) is 91.5 Å². The van der Waals surface area contributed by atoms with Crippen molar-refractivity contribution in [2.24, 2.45) is 51.8 Å². The molecule has 4 saturated carbocycles. The second-order valence-electron chi connectivity index (χ2n) is 15.6. The average Bonchev–Trinajstić information content (AvgIpc) is 3.47. The first-order valence-electron chi connectivity index (χ1n) is 17.1. The summed E-state index contributed by atoms with van der Waals surface area (Å²) in [7, 11) is 0. The number of carboxylic acids is 1. The van der Waals surface area contributed by atoms with Gasteiger partial charge in [-0.15, -0.1) is 0 Å². The molecule has 0 aromatic heterocycles. The summed E-state index contributed by atoms with van der Waals surface area (Å²) in [5.74, 6) is 3.13. The van der Waals surface area contributed by atoms with E-state index < -0.39 is 5.97 Å². The number of nitrogens with one attached hydrogen (secondary N) is 1. The fraction of sp³-hybridized carbons (Fsp3) is 0.590. The van der Waals surface area contributed by atoms with Crippen LogP contribution in [-0.4, -0.2) is 17.0 Å². The van der Waals surface area contributed by atoms with Crippen LogP contribution in [0, 0.1) is 51.8 Å². The Balaban J connectivity index is 1.10. The zero-order valence-electron chi connectivity index (χ0n) is 26.6. The fourth-order valence-corrected chi connectivity index (χ4v) is 12.1. The number of aromatic carboxylic acids is 1. The molecule has 0 radical (unpaired) electrons. The molecule has 9 unspecified atom stereocenters. The van der Waals surface area contributed by atoms with Gasteiger partial charge in [-0.2, -0.15) is 0 Å². The maximum Gasteiger partial charge on any atom is 0.335 e. The van der Waals surface area contributed by atoms with E-state index in [0.717, 1.165) is 29.8 Å². The normalized spacial score (nSPS) is 39.2. The van der Waals surface area contributed by atoms with Gasteiger partial charge in [0.1, 0.15) is 0 Å². The molecule has 0 bridgehead atoms. The maximum atomic E-state index is 14.0. The smallest absolute Gasteiger partial charge is 0.335 e. The van der Waals surface area contributed by atoms with Crippen LogP contribution in [0.3, 0.4) is 0 Å². The zero-order valence-corrected chi connectivity index (χ0v) is 27.3. The number of benzene rings is 2. The number of allylic oxidation sites excluding steroid dienone is 2. The molecule has 4 fully saturated rings. The Morgan fingerprint density at radius 2 is 1.59 bits per heavy atom. The topological polar surface area (TPSA) is 66.4 Å². The minimum atomic E-state index is -0.868. The number of halogens is 1. The van der Waals surface area contributed by atoms with Gasteiger partial charge in [0.05, 0.1) is 11.0 Å². The lowest BCUT2D eigenvalue weighted by atomic mass is 9.38. The van der Waals surface area contributed by atoms with Crippen molar-refractivity contribution in [1.82, 2.24) is 5.32 Å². The van der Waals surface area contributed by atoms with Crippen molar-refractivity contribution < 1.29 is 14.7 Å². The van der Waals surface area contributed by atoms with E-state index in [9.17, 15) is 14.7 Å². The molecular weight excluding hydrogens is 566 g/mol. The first kappa shape index (κ1) is 30.1. The number of hydrogen-bond acceptors (Lipinski definition) is 2. The number of fused-ring (bicyclic) bond motifs is 7. The molecule has 5 aliphatic carbocycles. The summed E-state index contributed by atoms with van der Waals surface area (Å²) in [4.78, 5) is 25.4. The minimum absolute atomic E-state index is 0.189. The molecule has 0 saturated heterocycles. The van der Waals surface area contributed by atoms with E-state index in [1.165, 1.54) is 56.1 Å². The SMILES string of the molecule is CC1C(c2ccc(C(=O)O)cc2)=CCC2(C)C1CCC1(C)C3CCC4(C(=O)NCc5ccc(Cl)cc5)CCCC4C3CCC21. The summed E-state index contributed by atoms with van der Waals surface area (Å²) in [5.41, 5.74) is 4.46. The van der Waals surface area contributed by atoms with Gasteiger partial charge in [0.2, 0.25) is 5.91 Å². The van der Waals surface area contributed by atoms with E-state index in [4.69, 9.17) is 11.6 Å². The van der Waals surface area contributed by atoms with Gasteiger partial charge >= 0.3 is 5.97 Å². The van der Waals surface area contributed by atoms with Crippen LogP contribution in [0.5, 0.6) is 0 Å². The van der Waals surface area contributed by atoms with E-state index in [1.807, 2.05) is 36.4 Å². The summed E-state index contributed by atoms with van der Waals surface area (Å²) in [6.07, 6.45) is 14.4. The van der Waals surface area contributed by atoms with Gasteiger partial charge < -0.3 is 10.4 Å². The third kappa shape index (κ3) is 4.60. The molecule has 5 aliphatic rings. The Labute approximate surface area is 268 Å². The quantitative estimate of drug-likeness (QED) is 0.353. The summed E-state index contributed by atoms with van der Waals surface area (Å²) < 4.78 is 0. The van der Waals surface area contributed by atoms with Gasteiger partial charge in [-0.1, -0.05) is 69.1 Å². The zero-order chi connectivity index (χ0) is 30.9. The highest BCUT2D eigenvalue weighted by Crippen LogP contribution is 2.72. The van der Waals surface area contributed by atoms with Crippen LogP contribution in [0.1, 0.15) is 106 Å². The Kier molecular flexibility index (Phi) is 7.55. The maximum absolute atomic E-state index is 14.0. The van der Waals surface area contributed by atoms with E-state index in [-0.39, 0.29) is 10.8 Å². The van der Waals surface area contributed by atoms with Crippen LogP contribution in [0.25, 0.3) is 5.57 Å². The Morgan fingerprint density at radius 3 is 2.32 bits per heavy atom. The predicted octanol–water partition coefficient (Wildman–Crippen LogP) is 9.42. The Morgan fingerprint density at radius 1 is 0.864 bits per heavy atom. The second-order valence-corrected chi connectivity index (χ2v) is 16.0. The molecule has 2 N–H and O–H groups in total. The van der Waals surface area contributed by atoms with Gasteiger partial charge in [-0.3, -0.25) is 4.79 Å². The van der Waals surface area contributed by atoms with Gasteiger partial charge in [-0.25, -0.2) is 4.79 Å². The molecule has 2 aromatic carbocycles. The molecule has 4 nitrogen and oxygen atoms in total.